The van der Waals surface area contributed by atoms with Crippen LogP contribution < -0.4 is 5.32 Å². The van der Waals surface area contributed by atoms with Crippen molar-refractivity contribution < 1.29 is 14.5 Å². The van der Waals surface area contributed by atoms with Crippen molar-refractivity contribution in [2.45, 2.75) is 26.4 Å². The number of nitrogens with zero attached hydrogens (tertiary/aromatic N) is 1. The predicted molar refractivity (Wildman–Crippen MR) is 70.6 cm³/mol. The number of carbonyl (C=O) groups excluding carboxylic acids is 1. The Morgan fingerprint density at radius 2 is 2.05 bits per heavy atom. The monoisotopic (exact) mass is 266 g/mol. The highest BCUT2D eigenvalue weighted by atomic mass is 16.6. The van der Waals surface area contributed by atoms with Crippen molar-refractivity contribution in [2.24, 2.45) is 5.92 Å². The molecule has 1 atom stereocenters. The average Bonchev–Trinajstić information content (AvgIpc) is 2.38. The van der Waals surface area contributed by atoms with Gasteiger partial charge in [0.1, 0.15) is 6.04 Å². The van der Waals surface area contributed by atoms with Gasteiger partial charge in [-0.15, -0.1) is 0 Å². The summed E-state index contributed by atoms with van der Waals surface area (Å²) >= 11 is 0. The first kappa shape index (κ1) is 15.1. The minimum atomic E-state index is -0.482. The molecule has 0 fully saturated rings. The number of benzene rings is 1. The SMILES string of the molecule is COC(=O)C(NCc1ccccc1[N+](=O)[O-])C(C)C. The van der Waals surface area contributed by atoms with E-state index in [1.165, 1.54) is 13.2 Å². The fourth-order valence-corrected chi connectivity index (χ4v) is 1.78. The molecule has 1 rings (SSSR count). The second-order valence-electron chi connectivity index (χ2n) is 4.51. The van der Waals surface area contributed by atoms with E-state index in [-0.39, 0.29) is 24.1 Å². The Kier molecular flexibility index (Phi) is 5.44. The first-order valence-corrected chi connectivity index (χ1v) is 6.01. The van der Waals surface area contributed by atoms with Gasteiger partial charge in [-0.3, -0.25) is 20.2 Å². The molecule has 0 spiro atoms. The number of methoxy groups -OCH3 is 1. The number of hydrogen-bond acceptors (Lipinski definition) is 5. The largest absolute Gasteiger partial charge is 0.468 e. The van der Waals surface area contributed by atoms with E-state index in [0.29, 0.717) is 5.56 Å². The molecule has 0 saturated carbocycles. The number of nitro benzene ring substituents is 1. The summed E-state index contributed by atoms with van der Waals surface area (Å²) in [5.74, 6) is -0.330. The average molecular weight is 266 g/mol. The van der Waals surface area contributed by atoms with Crippen molar-refractivity contribution in [3.63, 3.8) is 0 Å². The minimum Gasteiger partial charge on any atom is -0.468 e. The first-order chi connectivity index (χ1) is 8.97. The Morgan fingerprint density at radius 3 is 2.58 bits per heavy atom. The molecule has 19 heavy (non-hydrogen) atoms. The van der Waals surface area contributed by atoms with Gasteiger partial charge in [0.25, 0.3) is 5.69 Å². The highest BCUT2D eigenvalue weighted by Crippen LogP contribution is 2.18. The molecule has 0 aromatic heterocycles. The Morgan fingerprint density at radius 1 is 1.42 bits per heavy atom. The van der Waals surface area contributed by atoms with Gasteiger partial charge in [-0.25, -0.2) is 0 Å². The van der Waals surface area contributed by atoms with Crippen molar-refractivity contribution in [3.8, 4) is 0 Å². The molecular formula is C13H18N2O4. The number of rotatable bonds is 6. The van der Waals surface area contributed by atoms with E-state index in [1.807, 2.05) is 13.8 Å². The van der Waals surface area contributed by atoms with Crippen molar-refractivity contribution in [1.82, 2.24) is 5.32 Å². The van der Waals surface area contributed by atoms with Crippen LogP contribution in [0.4, 0.5) is 5.69 Å². The van der Waals surface area contributed by atoms with Gasteiger partial charge in [0.05, 0.1) is 12.0 Å². The molecule has 1 aromatic carbocycles. The van der Waals surface area contributed by atoms with Crippen LogP contribution in [-0.2, 0) is 16.1 Å². The molecule has 0 aliphatic heterocycles. The fourth-order valence-electron chi connectivity index (χ4n) is 1.78. The molecule has 104 valence electrons. The third kappa shape index (κ3) is 4.03. The van der Waals surface area contributed by atoms with Gasteiger partial charge in [0.15, 0.2) is 0 Å². The molecule has 6 nitrogen and oxygen atoms in total. The number of ether oxygens (including phenoxy) is 1. The van der Waals surface area contributed by atoms with Crippen LogP contribution in [0.25, 0.3) is 0 Å². The quantitative estimate of drug-likeness (QED) is 0.483. The maximum Gasteiger partial charge on any atom is 0.323 e. The van der Waals surface area contributed by atoms with E-state index in [9.17, 15) is 14.9 Å². The zero-order valence-electron chi connectivity index (χ0n) is 11.3. The summed E-state index contributed by atoms with van der Waals surface area (Å²) in [7, 11) is 1.32. The third-order valence-electron chi connectivity index (χ3n) is 2.82. The maximum absolute atomic E-state index is 11.6. The van der Waals surface area contributed by atoms with Crippen LogP contribution in [0, 0.1) is 16.0 Å². The lowest BCUT2D eigenvalue weighted by Gasteiger charge is -2.19. The topological polar surface area (TPSA) is 81.5 Å². The summed E-state index contributed by atoms with van der Waals surface area (Å²) < 4.78 is 4.70. The minimum absolute atomic E-state index is 0.0372. The van der Waals surface area contributed by atoms with Crippen LogP contribution in [0.15, 0.2) is 24.3 Å². The maximum atomic E-state index is 11.6. The van der Waals surface area contributed by atoms with Crippen LogP contribution in [0.5, 0.6) is 0 Å². The van der Waals surface area contributed by atoms with Gasteiger partial charge >= 0.3 is 5.97 Å². The highest BCUT2D eigenvalue weighted by Gasteiger charge is 2.23. The van der Waals surface area contributed by atoms with Crippen LogP contribution in [0.1, 0.15) is 19.4 Å². The van der Waals surface area contributed by atoms with Crippen LogP contribution >= 0.6 is 0 Å². The lowest BCUT2D eigenvalue weighted by Crippen LogP contribution is -2.41. The summed E-state index contributed by atoms with van der Waals surface area (Å²) in [5.41, 5.74) is 0.587. The van der Waals surface area contributed by atoms with Gasteiger partial charge in [-0.2, -0.15) is 0 Å². The fraction of sp³-hybridized carbons (Fsp3) is 0.462. The zero-order valence-corrected chi connectivity index (χ0v) is 11.3. The van der Waals surface area contributed by atoms with Crippen molar-refractivity contribution in [3.05, 3.63) is 39.9 Å². The molecule has 0 bridgehead atoms. The summed E-state index contributed by atoms with van der Waals surface area (Å²) in [4.78, 5) is 22.0. The van der Waals surface area contributed by atoms with E-state index in [0.717, 1.165) is 0 Å². The Balaban J connectivity index is 2.80. The van der Waals surface area contributed by atoms with Gasteiger partial charge in [0.2, 0.25) is 0 Å². The Bertz CT molecular complexity index is 460. The van der Waals surface area contributed by atoms with Gasteiger partial charge in [-0.1, -0.05) is 32.0 Å². The lowest BCUT2D eigenvalue weighted by molar-refractivity contribution is -0.385. The predicted octanol–water partition coefficient (Wildman–Crippen LogP) is 1.88. The summed E-state index contributed by atoms with van der Waals surface area (Å²) in [6, 6.07) is 5.97. The molecule has 1 N–H and O–H groups in total. The molecule has 6 heteroatoms. The summed E-state index contributed by atoms with van der Waals surface area (Å²) in [5, 5.41) is 13.9. The molecule has 0 aliphatic carbocycles. The summed E-state index contributed by atoms with van der Waals surface area (Å²) in [6.45, 7) is 4.01. The molecular weight excluding hydrogens is 248 g/mol. The molecule has 1 unspecified atom stereocenters. The second-order valence-corrected chi connectivity index (χ2v) is 4.51. The zero-order chi connectivity index (χ0) is 14.4. The van der Waals surface area contributed by atoms with Crippen LogP contribution in [-0.4, -0.2) is 24.0 Å². The number of carbonyl (C=O) groups is 1. The standard InChI is InChI=1S/C13H18N2O4/c1-9(2)12(13(16)19-3)14-8-10-6-4-5-7-11(10)15(17)18/h4-7,9,12,14H,8H2,1-3H3. The molecule has 0 heterocycles. The number of nitrogens with one attached hydrogen (secondary N) is 1. The van der Waals surface area contributed by atoms with Crippen molar-refractivity contribution in [1.29, 1.82) is 0 Å². The normalized spacial score (nSPS) is 12.2. The smallest absolute Gasteiger partial charge is 0.323 e. The number of nitro groups is 1. The van der Waals surface area contributed by atoms with Gasteiger partial charge in [0, 0.05) is 18.2 Å². The molecule has 0 radical (unpaired) electrons. The van der Waals surface area contributed by atoms with Gasteiger partial charge < -0.3 is 4.74 Å². The number of hydrogen-bond donors (Lipinski definition) is 1. The first-order valence-electron chi connectivity index (χ1n) is 6.01. The van der Waals surface area contributed by atoms with E-state index in [4.69, 9.17) is 4.74 Å². The van der Waals surface area contributed by atoms with Crippen LogP contribution in [0.2, 0.25) is 0 Å². The van der Waals surface area contributed by atoms with Crippen molar-refractivity contribution >= 4 is 11.7 Å². The van der Waals surface area contributed by atoms with E-state index >= 15 is 0 Å². The molecule has 0 amide bonds. The third-order valence-corrected chi connectivity index (χ3v) is 2.82. The molecule has 0 saturated heterocycles. The molecule has 0 aliphatic rings. The Labute approximate surface area is 111 Å². The molecule has 1 aromatic rings. The Hall–Kier alpha value is -1.95. The van der Waals surface area contributed by atoms with Crippen molar-refractivity contribution in [2.75, 3.05) is 7.11 Å². The van der Waals surface area contributed by atoms with E-state index in [2.05, 4.69) is 5.32 Å². The highest BCUT2D eigenvalue weighted by molar-refractivity contribution is 5.75. The van der Waals surface area contributed by atoms with Crippen LogP contribution in [0.3, 0.4) is 0 Å². The lowest BCUT2D eigenvalue weighted by atomic mass is 10.0. The second kappa shape index (κ2) is 6.84. The number of para-hydroxylation sites is 1. The number of esters is 1. The van der Waals surface area contributed by atoms with Gasteiger partial charge in [-0.05, 0) is 5.92 Å². The summed E-state index contributed by atoms with van der Waals surface area (Å²) in [6.07, 6.45) is 0. The van der Waals surface area contributed by atoms with E-state index < -0.39 is 11.0 Å². The van der Waals surface area contributed by atoms with E-state index in [1.54, 1.807) is 18.2 Å².